The third kappa shape index (κ3) is 3.23. The van der Waals surface area contributed by atoms with Gasteiger partial charge in [0.25, 0.3) is 5.91 Å². The molecule has 0 spiro atoms. The molecule has 0 unspecified atom stereocenters. The second-order valence-electron chi connectivity index (χ2n) is 3.78. The summed E-state index contributed by atoms with van der Waals surface area (Å²) in [6, 6.07) is 4.80. The molecule has 2 rings (SSSR count). The summed E-state index contributed by atoms with van der Waals surface area (Å²) in [7, 11) is 1.50. The normalized spacial score (nSPS) is 10.2. The van der Waals surface area contributed by atoms with Gasteiger partial charge < -0.3 is 10.1 Å². The Morgan fingerprint density at radius 3 is 2.80 bits per heavy atom. The van der Waals surface area contributed by atoms with Gasteiger partial charge in [0.1, 0.15) is 0 Å². The maximum absolute atomic E-state index is 12.2. The van der Waals surface area contributed by atoms with Crippen LogP contribution < -0.4 is 10.1 Å². The van der Waals surface area contributed by atoms with Crippen LogP contribution in [0.4, 0.5) is 5.69 Å². The minimum absolute atomic E-state index is 0.269. The highest BCUT2D eigenvalue weighted by Crippen LogP contribution is 2.36. The van der Waals surface area contributed by atoms with Crippen LogP contribution in [-0.4, -0.2) is 18.0 Å². The number of ether oxygens (including phenoxy) is 1. The third-order valence-corrected chi connectivity index (χ3v) is 3.59. The summed E-state index contributed by atoms with van der Waals surface area (Å²) in [5, 5.41) is 3.44. The number of hydrogen-bond acceptors (Lipinski definition) is 3. The number of nitrogens with zero attached hydrogens (tertiary/aromatic N) is 1. The molecule has 0 aliphatic rings. The van der Waals surface area contributed by atoms with Gasteiger partial charge in [-0.05, 0) is 34.1 Å². The van der Waals surface area contributed by atoms with Crippen molar-refractivity contribution in [2.75, 3.05) is 12.4 Å². The summed E-state index contributed by atoms with van der Waals surface area (Å²) in [5.74, 6) is 0.109. The third-order valence-electron chi connectivity index (χ3n) is 2.48. The van der Waals surface area contributed by atoms with Gasteiger partial charge >= 0.3 is 0 Å². The highest BCUT2D eigenvalue weighted by Gasteiger charge is 2.15. The lowest BCUT2D eigenvalue weighted by atomic mass is 10.2. The van der Waals surface area contributed by atoms with E-state index in [-0.39, 0.29) is 10.9 Å². The molecule has 1 amide bonds. The van der Waals surface area contributed by atoms with Crippen LogP contribution in [0.15, 0.2) is 35.1 Å². The molecule has 0 aliphatic heterocycles. The average molecular weight is 376 g/mol. The van der Waals surface area contributed by atoms with Crippen LogP contribution in [0, 0.1) is 0 Å². The number of aromatic nitrogens is 1. The summed E-state index contributed by atoms with van der Waals surface area (Å²) in [5.41, 5.74) is 0.768. The molecule has 104 valence electrons. The maximum atomic E-state index is 12.2. The Hall–Kier alpha value is -1.30. The van der Waals surface area contributed by atoms with E-state index in [0.717, 1.165) is 0 Å². The summed E-state index contributed by atoms with van der Waals surface area (Å²) in [6.07, 6.45) is 2.90. The monoisotopic (exact) mass is 374 g/mol. The van der Waals surface area contributed by atoms with Crippen molar-refractivity contribution in [2.45, 2.75) is 0 Å². The molecule has 0 atom stereocenters. The van der Waals surface area contributed by atoms with E-state index in [0.29, 0.717) is 26.5 Å². The molecule has 1 aromatic heterocycles. The molecule has 0 aliphatic carbocycles. The lowest BCUT2D eigenvalue weighted by molar-refractivity contribution is 0.102. The summed E-state index contributed by atoms with van der Waals surface area (Å²) in [4.78, 5) is 16.0. The van der Waals surface area contributed by atoms with Crippen molar-refractivity contribution in [3.63, 3.8) is 0 Å². The minimum Gasteiger partial charge on any atom is -0.493 e. The average Bonchev–Trinajstić information content (AvgIpc) is 2.38. The van der Waals surface area contributed by atoms with E-state index in [1.807, 2.05) is 0 Å². The Bertz CT molecular complexity index is 665. The van der Waals surface area contributed by atoms with Gasteiger partial charge in [0, 0.05) is 17.4 Å². The second kappa shape index (κ2) is 6.43. The fourth-order valence-electron chi connectivity index (χ4n) is 1.61. The van der Waals surface area contributed by atoms with Crippen molar-refractivity contribution in [2.24, 2.45) is 0 Å². The number of hydrogen-bond donors (Lipinski definition) is 1. The van der Waals surface area contributed by atoms with Crippen molar-refractivity contribution >= 4 is 50.7 Å². The molecule has 1 N–H and O–H groups in total. The van der Waals surface area contributed by atoms with Crippen molar-refractivity contribution in [1.29, 1.82) is 0 Å². The predicted octanol–water partition coefficient (Wildman–Crippen LogP) is 4.41. The van der Waals surface area contributed by atoms with Crippen LogP contribution in [0.25, 0.3) is 0 Å². The number of nitrogens with one attached hydrogen (secondary N) is 1. The zero-order chi connectivity index (χ0) is 14.7. The standard InChI is InChI=1S/C13H9BrCl2N2O2/c1-20-12-9(14)4-7(15)5-11(12)18-13(19)8-2-3-17-6-10(8)16/h2-6H,1H3,(H,18,19). The number of benzene rings is 1. The lowest BCUT2D eigenvalue weighted by Crippen LogP contribution is -2.13. The molecule has 0 radical (unpaired) electrons. The Balaban J connectivity index is 2.35. The zero-order valence-corrected chi connectivity index (χ0v) is 13.4. The van der Waals surface area contributed by atoms with Crippen molar-refractivity contribution in [3.8, 4) is 5.75 Å². The zero-order valence-electron chi connectivity index (χ0n) is 10.3. The highest BCUT2D eigenvalue weighted by atomic mass is 79.9. The first-order valence-electron chi connectivity index (χ1n) is 5.47. The van der Waals surface area contributed by atoms with Gasteiger partial charge in [-0.15, -0.1) is 0 Å². The van der Waals surface area contributed by atoms with E-state index in [4.69, 9.17) is 27.9 Å². The Morgan fingerprint density at radius 1 is 1.40 bits per heavy atom. The quantitative estimate of drug-likeness (QED) is 0.864. The first-order valence-corrected chi connectivity index (χ1v) is 7.01. The van der Waals surface area contributed by atoms with E-state index >= 15 is 0 Å². The first-order chi connectivity index (χ1) is 9.52. The largest absolute Gasteiger partial charge is 0.493 e. The maximum Gasteiger partial charge on any atom is 0.257 e. The fraction of sp³-hybridized carbons (Fsp3) is 0.0769. The Labute approximate surface area is 134 Å². The topological polar surface area (TPSA) is 51.2 Å². The predicted molar refractivity (Wildman–Crippen MR) is 82.9 cm³/mol. The molecule has 1 aromatic carbocycles. The number of amides is 1. The molecule has 0 saturated heterocycles. The number of methoxy groups -OCH3 is 1. The Morgan fingerprint density at radius 2 is 2.15 bits per heavy atom. The van der Waals surface area contributed by atoms with Crippen LogP contribution in [0.3, 0.4) is 0 Å². The van der Waals surface area contributed by atoms with Crippen LogP contribution in [0.2, 0.25) is 10.0 Å². The van der Waals surface area contributed by atoms with Crippen LogP contribution in [0.5, 0.6) is 5.75 Å². The molecule has 4 nitrogen and oxygen atoms in total. The number of anilines is 1. The number of carbonyl (C=O) groups excluding carboxylic acids is 1. The van der Waals surface area contributed by atoms with Crippen LogP contribution in [0.1, 0.15) is 10.4 Å². The number of carbonyl (C=O) groups is 1. The lowest BCUT2D eigenvalue weighted by Gasteiger charge is -2.12. The molecular formula is C13H9BrCl2N2O2. The van der Waals surface area contributed by atoms with Gasteiger partial charge in [-0.2, -0.15) is 0 Å². The van der Waals surface area contributed by atoms with Crippen molar-refractivity contribution in [3.05, 3.63) is 50.7 Å². The van der Waals surface area contributed by atoms with Gasteiger partial charge in [-0.1, -0.05) is 23.2 Å². The van der Waals surface area contributed by atoms with Crippen molar-refractivity contribution < 1.29 is 9.53 Å². The highest BCUT2D eigenvalue weighted by molar-refractivity contribution is 9.10. The van der Waals surface area contributed by atoms with Gasteiger partial charge in [-0.3, -0.25) is 9.78 Å². The van der Waals surface area contributed by atoms with E-state index in [9.17, 15) is 4.79 Å². The van der Waals surface area contributed by atoms with Gasteiger partial charge in [-0.25, -0.2) is 0 Å². The fourth-order valence-corrected chi connectivity index (χ4v) is 2.79. The van der Waals surface area contributed by atoms with E-state index < -0.39 is 0 Å². The van der Waals surface area contributed by atoms with Crippen molar-refractivity contribution in [1.82, 2.24) is 4.98 Å². The number of rotatable bonds is 3. The first kappa shape index (κ1) is 15.1. The number of pyridine rings is 1. The summed E-state index contributed by atoms with van der Waals surface area (Å²) in [6.45, 7) is 0. The van der Waals surface area contributed by atoms with Crippen LogP contribution >= 0.6 is 39.1 Å². The van der Waals surface area contributed by atoms with E-state index in [1.165, 1.54) is 25.6 Å². The molecule has 1 heterocycles. The van der Waals surface area contributed by atoms with E-state index in [1.54, 1.807) is 12.1 Å². The summed E-state index contributed by atoms with van der Waals surface area (Å²) < 4.78 is 5.87. The van der Waals surface area contributed by atoms with Gasteiger partial charge in [0.15, 0.2) is 5.75 Å². The molecule has 0 bridgehead atoms. The van der Waals surface area contributed by atoms with Crippen LogP contribution in [-0.2, 0) is 0 Å². The SMILES string of the molecule is COc1c(Br)cc(Cl)cc1NC(=O)c1ccncc1Cl. The second-order valence-corrected chi connectivity index (χ2v) is 5.48. The minimum atomic E-state index is -0.370. The smallest absolute Gasteiger partial charge is 0.257 e. The Kier molecular flexibility index (Phi) is 4.86. The molecule has 0 fully saturated rings. The molecule has 0 saturated carbocycles. The molecule has 7 heteroatoms. The summed E-state index contributed by atoms with van der Waals surface area (Å²) >= 11 is 15.2. The number of halogens is 3. The molecule has 20 heavy (non-hydrogen) atoms. The van der Waals surface area contributed by atoms with Gasteiger partial charge in [0.2, 0.25) is 0 Å². The van der Waals surface area contributed by atoms with E-state index in [2.05, 4.69) is 26.2 Å². The molecular weight excluding hydrogens is 367 g/mol. The molecule has 2 aromatic rings. The van der Waals surface area contributed by atoms with Gasteiger partial charge in [0.05, 0.1) is 27.9 Å².